The Labute approximate surface area is 99.5 Å². The van der Waals surface area contributed by atoms with Crippen LogP contribution in [0.15, 0.2) is 36.5 Å². The second kappa shape index (κ2) is 5.16. The molecule has 0 aliphatic heterocycles. The molecule has 5 heteroatoms. The van der Waals surface area contributed by atoms with E-state index in [0.29, 0.717) is 18.8 Å². The molecule has 0 saturated carbocycles. The first-order chi connectivity index (χ1) is 8.25. The predicted octanol–water partition coefficient (Wildman–Crippen LogP) is 1.26. The van der Waals surface area contributed by atoms with E-state index in [4.69, 9.17) is 16.2 Å². The van der Waals surface area contributed by atoms with Crippen LogP contribution in [0.3, 0.4) is 0 Å². The number of anilines is 2. The highest BCUT2D eigenvalue weighted by Gasteiger charge is 2.02. The van der Waals surface area contributed by atoms with Crippen molar-refractivity contribution in [3.05, 3.63) is 42.1 Å². The highest BCUT2D eigenvalue weighted by molar-refractivity contribution is 5.41. The van der Waals surface area contributed by atoms with Gasteiger partial charge >= 0.3 is 0 Å². The van der Waals surface area contributed by atoms with Gasteiger partial charge in [0, 0.05) is 18.2 Å². The van der Waals surface area contributed by atoms with Crippen molar-refractivity contribution in [1.82, 2.24) is 9.97 Å². The molecule has 0 radical (unpaired) electrons. The van der Waals surface area contributed by atoms with E-state index in [1.807, 2.05) is 30.3 Å². The molecule has 0 aliphatic carbocycles. The Morgan fingerprint density at radius 2 is 1.88 bits per heavy atom. The molecule has 17 heavy (non-hydrogen) atoms. The lowest BCUT2D eigenvalue weighted by Crippen LogP contribution is -2.07. The summed E-state index contributed by atoms with van der Waals surface area (Å²) < 4.78 is 5.55. The molecule has 0 bridgehead atoms. The number of hydrogen-bond acceptors (Lipinski definition) is 5. The predicted molar refractivity (Wildman–Crippen MR) is 66.5 cm³/mol. The number of nitrogen functional groups attached to an aromatic ring is 2. The molecular weight excluding hydrogens is 216 g/mol. The van der Waals surface area contributed by atoms with Gasteiger partial charge in [-0.15, -0.1) is 0 Å². The molecule has 0 atom stereocenters. The number of benzene rings is 1. The SMILES string of the molecule is Nc1ncc(CCOc2ccccc2)c(N)n1. The summed E-state index contributed by atoms with van der Waals surface area (Å²) in [6, 6.07) is 9.61. The van der Waals surface area contributed by atoms with Crippen molar-refractivity contribution >= 4 is 11.8 Å². The zero-order chi connectivity index (χ0) is 12.1. The topological polar surface area (TPSA) is 87.0 Å². The maximum absolute atomic E-state index is 5.71. The molecule has 4 N–H and O–H groups in total. The van der Waals surface area contributed by atoms with Crippen molar-refractivity contribution in [2.75, 3.05) is 18.1 Å². The second-order valence-electron chi connectivity index (χ2n) is 3.55. The van der Waals surface area contributed by atoms with Crippen molar-refractivity contribution in [2.45, 2.75) is 6.42 Å². The monoisotopic (exact) mass is 230 g/mol. The van der Waals surface area contributed by atoms with E-state index in [9.17, 15) is 0 Å². The molecule has 0 aliphatic rings. The largest absolute Gasteiger partial charge is 0.493 e. The van der Waals surface area contributed by atoms with Crippen LogP contribution in [-0.4, -0.2) is 16.6 Å². The lowest BCUT2D eigenvalue weighted by Gasteiger charge is -2.07. The van der Waals surface area contributed by atoms with Crippen LogP contribution in [0.5, 0.6) is 5.75 Å². The summed E-state index contributed by atoms with van der Waals surface area (Å²) in [6.45, 7) is 0.529. The maximum atomic E-state index is 5.71. The Balaban J connectivity index is 1.90. The van der Waals surface area contributed by atoms with Crippen molar-refractivity contribution in [3.8, 4) is 5.75 Å². The van der Waals surface area contributed by atoms with Gasteiger partial charge in [0.15, 0.2) is 0 Å². The first-order valence-electron chi connectivity index (χ1n) is 5.30. The van der Waals surface area contributed by atoms with Crippen molar-refractivity contribution in [2.24, 2.45) is 0 Å². The third-order valence-corrected chi connectivity index (χ3v) is 2.30. The molecular formula is C12H14N4O. The van der Waals surface area contributed by atoms with E-state index < -0.39 is 0 Å². The van der Waals surface area contributed by atoms with Crippen LogP contribution in [0.25, 0.3) is 0 Å². The van der Waals surface area contributed by atoms with Crippen LogP contribution in [0.2, 0.25) is 0 Å². The molecule has 1 aromatic carbocycles. The minimum atomic E-state index is 0.190. The summed E-state index contributed by atoms with van der Waals surface area (Å²) in [6.07, 6.45) is 2.28. The van der Waals surface area contributed by atoms with Gasteiger partial charge in [0.05, 0.1) is 6.61 Å². The van der Waals surface area contributed by atoms with Crippen molar-refractivity contribution in [1.29, 1.82) is 0 Å². The molecule has 0 unspecified atom stereocenters. The lowest BCUT2D eigenvalue weighted by atomic mass is 10.2. The first kappa shape index (κ1) is 11.2. The molecule has 0 amide bonds. The van der Waals surface area contributed by atoms with E-state index >= 15 is 0 Å². The maximum Gasteiger partial charge on any atom is 0.221 e. The molecule has 0 spiro atoms. The van der Waals surface area contributed by atoms with Crippen LogP contribution < -0.4 is 16.2 Å². The fraction of sp³-hybridized carbons (Fsp3) is 0.167. The molecule has 1 aromatic heterocycles. The van der Waals surface area contributed by atoms with Gasteiger partial charge in [-0.3, -0.25) is 0 Å². The van der Waals surface area contributed by atoms with Gasteiger partial charge in [-0.05, 0) is 12.1 Å². The summed E-state index contributed by atoms with van der Waals surface area (Å²) in [5.41, 5.74) is 12.0. The van der Waals surface area contributed by atoms with Gasteiger partial charge in [-0.1, -0.05) is 18.2 Å². The first-order valence-corrected chi connectivity index (χ1v) is 5.30. The minimum Gasteiger partial charge on any atom is -0.493 e. The van der Waals surface area contributed by atoms with Crippen LogP contribution in [0, 0.1) is 0 Å². The fourth-order valence-electron chi connectivity index (χ4n) is 1.42. The van der Waals surface area contributed by atoms with Gasteiger partial charge in [0.25, 0.3) is 0 Å². The second-order valence-corrected chi connectivity index (χ2v) is 3.55. The Morgan fingerprint density at radius 1 is 1.12 bits per heavy atom. The molecule has 0 fully saturated rings. The Morgan fingerprint density at radius 3 is 2.59 bits per heavy atom. The summed E-state index contributed by atoms with van der Waals surface area (Å²) in [4.78, 5) is 7.78. The van der Waals surface area contributed by atoms with E-state index in [1.54, 1.807) is 6.20 Å². The standard InChI is InChI=1S/C12H14N4O/c13-11-9(8-15-12(14)16-11)6-7-17-10-4-2-1-3-5-10/h1-5,8H,6-7H2,(H4,13,14,15,16). The van der Waals surface area contributed by atoms with Gasteiger partial charge in [0.2, 0.25) is 5.95 Å². The molecule has 2 aromatic rings. The summed E-state index contributed by atoms with van der Waals surface area (Å²) >= 11 is 0. The van der Waals surface area contributed by atoms with E-state index in [1.165, 1.54) is 0 Å². The van der Waals surface area contributed by atoms with Crippen molar-refractivity contribution < 1.29 is 4.74 Å². The summed E-state index contributed by atoms with van der Waals surface area (Å²) in [7, 11) is 0. The van der Waals surface area contributed by atoms with E-state index in [2.05, 4.69) is 9.97 Å². The van der Waals surface area contributed by atoms with Crippen LogP contribution >= 0.6 is 0 Å². The van der Waals surface area contributed by atoms with Gasteiger partial charge in [-0.25, -0.2) is 4.98 Å². The number of rotatable bonds is 4. The van der Waals surface area contributed by atoms with Gasteiger partial charge in [-0.2, -0.15) is 4.98 Å². The highest BCUT2D eigenvalue weighted by Crippen LogP contribution is 2.12. The highest BCUT2D eigenvalue weighted by atomic mass is 16.5. The van der Waals surface area contributed by atoms with Gasteiger partial charge < -0.3 is 16.2 Å². The quantitative estimate of drug-likeness (QED) is 0.825. The number of hydrogen-bond donors (Lipinski definition) is 2. The molecule has 1 heterocycles. The number of nitrogens with zero attached hydrogens (tertiary/aromatic N) is 2. The van der Waals surface area contributed by atoms with E-state index in [0.717, 1.165) is 11.3 Å². The number of aromatic nitrogens is 2. The molecule has 2 rings (SSSR count). The Hall–Kier alpha value is -2.30. The van der Waals surface area contributed by atoms with Crippen LogP contribution in [-0.2, 0) is 6.42 Å². The fourth-order valence-corrected chi connectivity index (χ4v) is 1.42. The lowest BCUT2D eigenvalue weighted by molar-refractivity contribution is 0.322. The van der Waals surface area contributed by atoms with E-state index in [-0.39, 0.29) is 5.95 Å². The normalized spacial score (nSPS) is 10.1. The molecule has 88 valence electrons. The number of ether oxygens (including phenoxy) is 1. The third kappa shape index (κ3) is 3.07. The smallest absolute Gasteiger partial charge is 0.221 e. The Kier molecular flexibility index (Phi) is 3.40. The average molecular weight is 230 g/mol. The van der Waals surface area contributed by atoms with Crippen LogP contribution in [0.1, 0.15) is 5.56 Å². The Bertz CT molecular complexity index is 487. The third-order valence-electron chi connectivity index (χ3n) is 2.30. The van der Waals surface area contributed by atoms with Gasteiger partial charge in [0.1, 0.15) is 11.6 Å². The molecule has 5 nitrogen and oxygen atoms in total. The number of nitrogens with two attached hydrogens (primary N) is 2. The zero-order valence-electron chi connectivity index (χ0n) is 9.34. The van der Waals surface area contributed by atoms with Crippen LogP contribution in [0.4, 0.5) is 11.8 Å². The summed E-state index contributed by atoms with van der Waals surface area (Å²) in [5.74, 6) is 1.44. The number of para-hydroxylation sites is 1. The molecule has 0 saturated heterocycles. The minimum absolute atomic E-state index is 0.190. The summed E-state index contributed by atoms with van der Waals surface area (Å²) in [5, 5.41) is 0. The zero-order valence-corrected chi connectivity index (χ0v) is 9.34. The van der Waals surface area contributed by atoms with Crippen molar-refractivity contribution in [3.63, 3.8) is 0 Å². The average Bonchev–Trinajstić information content (AvgIpc) is 2.33.